The summed E-state index contributed by atoms with van der Waals surface area (Å²) in [5, 5.41) is 6.64. The number of benzene rings is 2. The molecule has 0 radical (unpaired) electrons. The van der Waals surface area contributed by atoms with Gasteiger partial charge in [-0.2, -0.15) is 0 Å². The molecule has 0 bridgehead atoms. The predicted octanol–water partition coefficient (Wildman–Crippen LogP) is 4.61. The number of thiocarbonyl (C=S) groups is 1. The van der Waals surface area contributed by atoms with Gasteiger partial charge in [0.05, 0.1) is 24.9 Å². The van der Waals surface area contributed by atoms with Crippen LogP contribution in [0.15, 0.2) is 30.3 Å². The van der Waals surface area contributed by atoms with Crippen LogP contribution in [-0.4, -0.2) is 19.3 Å². The zero-order valence-electron chi connectivity index (χ0n) is 12.9. The van der Waals surface area contributed by atoms with Gasteiger partial charge in [0.15, 0.2) is 5.11 Å². The molecule has 0 atom stereocenters. The number of rotatable bonds is 4. The number of ether oxygens (including phenoxy) is 2. The first-order valence-electron chi connectivity index (χ1n) is 6.71. The van der Waals surface area contributed by atoms with E-state index in [0.717, 1.165) is 0 Å². The van der Waals surface area contributed by atoms with Crippen LogP contribution < -0.4 is 20.1 Å². The van der Waals surface area contributed by atoms with Gasteiger partial charge in [-0.1, -0.05) is 17.7 Å². The molecular weight excluding hydrogens is 339 g/mol. The topological polar surface area (TPSA) is 42.5 Å². The van der Waals surface area contributed by atoms with Gasteiger partial charge in [0.25, 0.3) is 0 Å². The molecule has 0 aliphatic heterocycles. The van der Waals surface area contributed by atoms with Gasteiger partial charge in [0, 0.05) is 17.3 Å². The second kappa shape index (κ2) is 7.48. The monoisotopic (exact) mass is 354 g/mol. The third-order valence-corrected chi connectivity index (χ3v) is 3.74. The van der Waals surface area contributed by atoms with E-state index in [1.807, 2.05) is 0 Å². The standard InChI is InChI=1S/C16H16ClFN2O2S/c1-9-11(18)5-4-6-12(9)19-16(23)20-13-7-10(17)14(21-2)8-15(13)22-3/h4-8H,1-3H3,(H2,19,20,23). The largest absolute Gasteiger partial charge is 0.495 e. The Labute approximate surface area is 144 Å². The number of hydrogen-bond donors (Lipinski definition) is 2. The molecule has 0 heterocycles. The Morgan fingerprint density at radius 2 is 1.74 bits per heavy atom. The lowest BCUT2D eigenvalue weighted by molar-refractivity contribution is 0.396. The Morgan fingerprint density at radius 1 is 1.09 bits per heavy atom. The van der Waals surface area contributed by atoms with Gasteiger partial charge in [-0.15, -0.1) is 0 Å². The Balaban J connectivity index is 2.20. The zero-order valence-corrected chi connectivity index (χ0v) is 14.4. The Morgan fingerprint density at radius 3 is 2.39 bits per heavy atom. The summed E-state index contributed by atoms with van der Waals surface area (Å²) in [6, 6.07) is 8.04. The van der Waals surface area contributed by atoms with Crippen molar-refractivity contribution in [1.29, 1.82) is 0 Å². The highest BCUT2D eigenvalue weighted by molar-refractivity contribution is 7.80. The average molecular weight is 355 g/mol. The van der Waals surface area contributed by atoms with Crippen molar-refractivity contribution < 1.29 is 13.9 Å². The van der Waals surface area contributed by atoms with Crippen molar-refractivity contribution in [2.75, 3.05) is 24.9 Å². The number of methoxy groups -OCH3 is 2. The van der Waals surface area contributed by atoms with E-state index in [4.69, 9.17) is 33.3 Å². The van der Waals surface area contributed by atoms with Crippen LogP contribution in [-0.2, 0) is 0 Å². The van der Waals surface area contributed by atoms with E-state index in [9.17, 15) is 4.39 Å². The second-order valence-corrected chi connectivity index (χ2v) is 5.49. The van der Waals surface area contributed by atoms with E-state index in [1.165, 1.54) is 20.3 Å². The van der Waals surface area contributed by atoms with Crippen LogP contribution in [0.2, 0.25) is 5.02 Å². The van der Waals surface area contributed by atoms with Crippen molar-refractivity contribution in [3.8, 4) is 11.5 Å². The normalized spacial score (nSPS) is 10.1. The van der Waals surface area contributed by atoms with Crippen LogP contribution in [0.25, 0.3) is 0 Å². The molecule has 0 aromatic heterocycles. The molecule has 2 aromatic carbocycles. The van der Waals surface area contributed by atoms with Crippen LogP contribution in [0.5, 0.6) is 11.5 Å². The van der Waals surface area contributed by atoms with Crippen molar-refractivity contribution in [3.05, 3.63) is 46.7 Å². The fourth-order valence-electron chi connectivity index (χ4n) is 1.98. The molecule has 0 fully saturated rings. The lowest BCUT2D eigenvalue weighted by atomic mass is 10.2. The van der Waals surface area contributed by atoms with Crippen LogP contribution in [0.4, 0.5) is 15.8 Å². The van der Waals surface area contributed by atoms with Crippen molar-refractivity contribution in [3.63, 3.8) is 0 Å². The Hall–Kier alpha value is -2.05. The Kier molecular flexibility index (Phi) is 5.63. The summed E-state index contributed by atoms with van der Waals surface area (Å²) in [6.07, 6.45) is 0. The van der Waals surface area contributed by atoms with Crippen molar-refractivity contribution >= 4 is 40.3 Å². The van der Waals surface area contributed by atoms with Crippen LogP contribution in [0.1, 0.15) is 5.56 Å². The van der Waals surface area contributed by atoms with Gasteiger partial charge in [-0.05, 0) is 37.3 Å². The number of nitrogens with one attached hydrogen (secondary N) is 2. The minimum atomic E-state index is -0.303. The first-order valence-corrected chi connectivity index (χ1v) is 7.49. The molecule has 2 aromatic rings. The van der Waals surface area contributed by atoms with Gasteiger partial charge in [0.2, 0.25) is 0 Å². The highest BCUT2D eigenvalue weighted by Gasteiger charge is 2.12. The van der Waals surface area contributed by atoms with Crippen molar-refractivity contribution in [1.82, 2.24) is 0 Å². The molecule has 4 nitrogen and oxygen atoms in total. The van der Waals surface area contributed by atoms with Gasteiger partial charge >= 0.3 is 0 Å². The summed E-state index contributed by atoms with van der Waals surface area (Å²) < 4.78 is 24.0. The van der Waals surface area contributed by atoms with Gasteiger partial charge in [-0.3, -0.25) is 0 Å². The van der Waals surface area contributed by atoms with E-state index >= 15 is 0 Å². The van der Waals surface area contributed by atoms with Crippen molar-refractivity contribution in [2.24, 2.45) is 0 Å². The minimum Gasteiger partial charge on any atom is -0.495 e. The lowest BCUT2D eigenvalue weighted by Crippen LogP contribution is -2.20. The van der Waals surface area contributed by atoms with Gasteiger partial charge < -0.3 is 20.1 Å². The van der Waals surface area contributed by atoms with E-state index in [2.05, 4.69) is 10.6 Å². The molecule has 0 amide bonds. The smallest absolute Gasteiger partial charge is 0.175 e. The first kappa shape index (κ1) is 17.3. The fraction of sp³-hybridized carbons (Fsp3) is 0.188. The summed E-state index contributed by atoms with van der Waals surface area (Å²) in [6.45, 7) is 1.67. The van der Waals surface area contributed by atoms with E-state index in [1.54, 1.807) is 31.2 Å². The second-order valence-electron chi connectivity index (χ2n) is 4.68. The maximum Gasteiger partial charge on any atom is 0.175 e. The third kappa shape index (κ3) is 4.03. The fourth-order valence-corrected chi connectivity index (χ4v) is 2.44. The molecule has 7 heteroatoms. The SMILES string of the molecule is COc1cc(OC)c(NC(=S)Nc2cccc(F)c2C)cc1Cl. The molecule has 0 spiro atoms. The first-order chi connectivity index (χ1) is 11.0. The van der Waals surface area contributed by atoms with E-state index < -0.39 is 0 Å². The van der Waals surface area contributed by atoms with Crippen LogP contribution in [0.3, 0.4) is 0 Å². The van der Waals surface area contributed by atoms with Crippen LogP contribution >= 0.6 is 23.8 Å². The molecule has 0 saturated heterocycles. The summed E-state index contributed by atoms with van der Waals surface area (Å²) in [7, 11) is 3.05. The molecule has 23 heavy (non-hydrogen) atoms. The lowest BCUT2D eigenvalue weighted by Gasteiger charge is -2.16. The maximum atomic E-state index is 13.6. The van der Waals surface area contributed by atoms with Crippen molar-refractivity contribution in [2.45, 2.75) is 6.92 Å². The number of hydrogen-bond acceptors (Lipinski definition) is 3. The molecule has 0 unspecified atom stereocenters. The molecule has 2 rings (SSSR count). The highest BCUT2D eigenvalue weighted by atomic mass is 35.5. The summed E-state index contributed by atoms with van der Waals surface area (Å²) in [5.41, 5.74) is 1.64. The zero-order chi connectivity index (χ0) is 17.0. The molecule has 0 aliphatic carbocycles. The molecule has 122 valence electrons. The Bertz CT molecular complexity index is 740. The summed E-state index contributed by atoms with van der Waals surface area (Å²) in [5.74, 6) is 0.711. The molecular formula is C16H16ClFN2O2S. The minimum absolute atomic E-state index is 0.290. The summed E-state index contributed by atoms with van der Waals surface area (Å²) >= 11 is 11.4. The highest BCUT2D eigenvalue weighted by Crippen LogP contribution is 2.36. The number of halogens is 2. The van der Waals surface area contributed by atoms with E-state index in [0.29, 0.717) is 38.6 Å². The van der Waals surface area contributed by atoms with Gasteiger partial charge in [-0.25, -0.2) is 4.39 Å². The quantitative estimate of drug-likeness (QED) is 0.784. The molecule has 0 aliphatic rings. The van der Waals surface area contributed by atoms with Crippen LogP contribution in [0, 0.1) is 12.7 Å². The predicted molar refractivity (Wildman–Crippen MR) is 95.5 cm³/mol. The molecule has 0 saturated carbocycles. The number of anilines is 2. The summed E-state index contributed by atoms with van der Waals surface area (Å²) in [4.78, 5) is 0. The maximum absolute atomic E-state index is 13.6. The van der Waals surface area contributed by atoms with Gasteiger partial charge in [0.1, 0.15) is 17.3 Å². The average Bonchev–Trinajstić information content (AvgIpc) is 2.52. The third-order valence-electron chi connectivity index (χ3n) is 3.24. The molecule has 2 N–H and O–H groups in total. The van der Waals surface area contributed by atoms with E-state index in [-0.39, 0.29) is 5.82 Å².